The molecule has 1 aromatic heterocycles. The average Bonchev–Trinajstić information content (AvgIpc) is 3.06. The van der Waals surface area contributed by atoms with Crippen molar-refractivity contribution < 1.29 is 13.2 Å². The molecule has 0 atom stereocenters. The van der Waals surface area contributed by atoms with E-state index in [1.807, 2.05) is 43.3 Å². The third-order valence-corrected chi connectivity index (χ3v) is 6.85. The molecular formula is C21H19N3O3S2. The van der Waals surface area contributed by atoms with Crippen molar-refractivity contribution in [2.45, 2.75) is 18.2 Å². The zero-order valence-electron chi connectivity index (χ0n) is 15.7. The monoisotopic (exact) mass is 425 g/mol. The van der Waals surface area contributed by atoms with E-state index < -0.39 is 10.0 Å². The van der Waals surface area contributed by atoms with Gasteiger partial charge in [0.1, 0.15) is 0 Å². The summed E-state index contributed by atoms with van der Waals surface area (Å²) in [7, 11) is -3.68. The normalized spacial score (nSPS) is 11.8. The van der Waals surface area contributed by atoms with Gasteiger partial charge in [0.05, 0.1) is 20.1 Å². The number of rotatable bonds is 6. The van der Waals surface area contributed by atoms with E-state index in [2.05, 4.69) is 15.0 Å². The van der Waals surface area contributed by atoms with Gasteiger partial charge in [-0.15, -0.1) is 11.3 Å². The third-order valence-electron chi connectivity index (χ3n) is 4.45. The lowest BCUT2D eigenvalue weighted by molar-refractivity contribution is -0.116. The number of benzene rings is 3. The lowest BCUT2D eigenvalue weighted by atomic mass is 10.1. The molecule has 0 saturated carbocycles. The molecule has 0 unspecified atom stereocenters. The number of aromatic nitrogens is 1. The Kier molecular flexibility index (Phi) is 5.31. The van der Waals surface area contributed by atoms with Gasteiger partial charge in [-0.25, -0.2) is 18.1 Å². The van der Waals surface area contributed by atoms with Crippen LogP contribution < -0.4 is 10.0 Å². The first-order valence-electron chi connectivity index (χ1n) is 9.06. The average molecular weight is 426 g/mol. The molecule has 4 aromatic rings. The zero-order valence-corrected chi connectivity index (χ0v) is 17.3. The highest BCUT2D eigenvalue weighted by Gasteiger charge is 2.15. The molecule has 2 N–H and O–H groups in total. The Bertz CT molecular complexity index is 1310. The fourth-order valence-electron chi connectivity index (χ4n) is 3.06. The predicted octanol–water partition coefficient (Wildman–Crippen LogP) is 4.07. The zero-order chi connectivity index (χ0) is 20.4. The van der Waals surface area contributed by atoms with Crippen molar-refractivity contribution in [3.05, 3.63) is 65.7 Å². The van der Waals surface area contributed by atoms with Crippen LogP contribution in [0.1, 0.15) is 11.4 Å². The fourth-order valence-corrected chi connectivity index (χ4v) is 4.99. The summed E-state index contributed by atoms with van der Waals surface area (Å²) in [6.45, 7) is 1.95. The van der Waals surface area contributed by atoms with Gasteiger partial charge in [-0.1, -0.05) is 30.3 Å². The Morgan fingerprint density at radius 2 is 1.83 bits per heavy atom. The molecule has 29 heavy (non-hydrogen) atoms. The largest absolute Gasteiger partial charge is 0.326 e. The molecule has 0 spiro atoms. The van der Waals surface area contributed by atoms with Crippen molar-refractivity contribution in [3.8, 4) is 0 Å². The Labute approximate surface area is 172 Å². The van der Waals surface area contributed by atoms with E-state index in [1.54, 1.807) is 35.6 Å². The van der Waals surface area contributed by atoms with E-state index in [4.69, 9.17) is 0 Å². The summed E-state index contributed by atoms with van der Waals surface area (Å²) in [6, 6.07) is 18.0. The number of hydrogen-bond acceptors (Lipinski definition) is 5. The summed E-state index contributed by atoms with van der Waals surface area (Å²) < 4.78 is 28.5. The second-order valence-electron chi connectivity index (χ2n) is 6.62. The maximum atomic E-state index is 12.5. The highest BCUT2D eigenvalue weighted by atomic mass is 32.2. The lowest BCUT2D eigenvalue weighted by Crippen LogP contribution is -2.27. The number of thiazole rings is 1. The second-order valence-corrected chi connectivity index (χ2v) is 9.62. The van der Waals surface area contributed by atoms with Gasteiger partial charge < -0.3 is 5.32 Å². The molecule has 0 aliphatic carbocycles. The van der Waals surface area contributed by atoms with E-state index in [1.165, 1.54) is 0 Å². The number of fused-ring (bicyclic) bond motifs is 2. The van der Waals surface area contributed by atoms with E-state index in [0.717, 1.165) is 26.0 Å². The number of nitrogens with zero attached hydrogens (tertiary/aromatic N) is 1. The molecule has 1 heterocycles. The minimum Gasteiger partial charge on any atom is -0.326 e. The van der Waals surface area contributed by atoms with E-state index in [9.17, 15) is 13.2 Å². The molecule has 148 valence electrons. The topological polar surface area (TPSA) is 88.2 Å². The number of amides is 1. The molecule has 0 bridgehead atoms. The Hall–Kier alpha value is -2.81. The third kappa shape index (κ3) is 4.45. The number of aryl methyl sites for hydroxylation is 1. The molecule has 0 aliphatic heterocycles. The molecule has 0 fully saturated rings. The van der Waals surface area contributed by atoms with Crippen LogP contribution in [0.2, 0.25) is 0 Å². The number of carbonyl (C=O) groups excluding carboxylic acids is 1. The van der Waals surface area contributed by atoms with E-state index in [-0.39, 0.29) is 23.8 Å². The van der Waals surface area contributed by atoms with Crippen LogP contribution in [0, 0.1) is 6.92 Å². The highest BCUT2D eigenvalue weighted by Crippen LogP contribution is 2.25. The molecule has 1 amide bonds. The SMILES string of the molecule is Cc1nc2ccc(NC(=O)CCNS(=O)(=O)c3ccc4ccccc4c3)cc2s1. The highest BCUT2D eigenvalue weighted by molar-refractivity contribution is 7.89. The summed E-state index contributed by atoms with van der Waals surface area (Å²) in [6.07, 6.45) is 0.0343. The fraction of sp³-hybridized carbons (Fsp3) is 0.143. The predicted molar refractivity (Wildman–Crippen MR) is 117 cm³/mol. The van der Waals surface area contributed by atoms with Crippen molar-refractivity contribution in [2.24, 2.45) is 0 Å². The summed E-state index contributed by atoms with van der Waals surface area (Å²) >= 11 is 1.56. The minimum atomic E-state index is -3.68. The van der Waals surface area contributed by atoms with Crippen LogP contribution in [0.4, 0.5) is 5.69 Å². The number of nitrogens with one attached hydrogen (secondary N) is 2. The maximum Gasteiger partial charge on any atom is 0.240 e. The second kappa shape index (κ2) is 7.90. The summed E-state index contributed by atoms with van der Waals surface area (Å²) in [5.41, 5.74) is 1.57. The standard InChI is InChI=1S/C21H19N3O3S2/c1-14-23-19-9-7-17(13-20(19)28-14)24-21(25)10-11-22-29(26,27)18-8-6-15-4-2-3-5-16(15)12-18/h2-9,12-13,22H,10-11H2,1H3,(H,24,25). The summed E-state index contributed by atoms with van der Waals surface area (Å²) in [5.74, 6) is -0.258. The first-order chi connectivity index (χ1) is 13.9. The van der Waals surface area contributed by atoms with E-state index >= 15 is 0 Å². The van der Waals surface area contributed by atoms with Gasteiger partial charge in [-0.3, -0.25) is 4.79 Å². The molecule has 0 aliphatic rings. The first-order valence-corrected chi connectivity index (χ1v) is 11.4. The van der Waals surface area contributed by atoms with Gasteiger partial charge in [0.25, 0.3) is 0 Å². The van der Waals surface area contributed by atoms with Gasteiger partial charge in [0.15, 0.2) is 0 Å². The van der Waals surface area contributed by atoms with Crippen LogP contribution in [-0.2, 0) is 14.8 Å². The minimum absolute atomic E-state index is 0.0168. The molecule has 3 aromatic carbocycles. The van der Waals surface area contributed by atoms with Crippen molar-refractivity contribution in [3.63, 3.8) is 0 Å². The van der Waals surface area contributed by atoms with Gasteiger partial charge in [-0.05, 0) is 48.0 Å². The molecule has 6 nitrogen and oxygen atoms in total. The summed E-state index contributed by atoms with van der Waals surface area (Å²) in [5, 5.41) is 5.58. The van der Waals surface area contributed by atoms with Gasteiger partial charge >= 0.3 is 0 Å². The van der Waals surface area contributed by atoms with E-state index in [0.29, 0.717) is 5.69 Å². The van der Waals surface area contributed by atoms with Crippen molar-refractivity contribution >= 4 is 53.9 Å². The van der Waals surface area contributed by atoms with Gasteiger partial charge in [0, 0.05) is 18.7 Å². The van der Waals surface area contributed by atoms with Crippen molar-refractivity contribution in [1.82, 2.24) is 9.71 Å². The van der Waals surface area contributed by atoms with Crippen LogP contribution >= 0.6 is 11.3 Å². The number of anilines is 1. The van der Waals surface area contributed by atoms with Crippen molar-refractivity contribution in [1.29, 1.82) is 0 Å². The van der Waals surface area contributed by atoms with Crippen LogP contribution in [0.3, 0.4) is 0 Å². The van der Waals surface area contributed by atoms with Crippen LogP contribution in [0.5, 0.6) is 0 Å². The number of sulfonamides is 1. The smallest absolute Gasteiger partial charge is 0.240 e. The van der Waals surface area contributed by atoms with Crippen LogP contribution in [0.25, 0.3) is 21.0 Å². The molecule has 0 radical (unpaired) electrons. The lowest BCUT2D eigenvalue weighted by Gasteiger charge is -2.09. The molecule has 8 heteroatoms. The maximum absolute atomic E-state index is 12.5. The molecular weight excluding hydrogens is 406 g/mol. The number of carbonyl (C=O) groups is 1. The summed E-state index contributed by atoms with van der Waals surface area (Å²) in [4.78, 5) is 16.8. The van der Waals surface area contributed by atoms with Crippen LogP contribution in [-0.4, -0.2) is 25.9 Å². The number of hydrogen-bond donors (Lipinski definition) is 2. The first kappa shape index (κ1) is 19.5. The van der Waals surface area contributed by atoms with Crippen LogP contribution in [0.15, 0.2) is 65.6 Å². The van der Waals surface area contributed by atoms with Gasteiger partial charge in [-0.2, -0.15) is 0 Å². The molecule has 4 rings (SSSR count). The quantitative estimate of drug-likeness (QED) is 0.488. The van der Waals surface area contributed by atoms with Gasteiger partial charge in [0.2, 0.25) is 15.9 Å². The molecule has 0 saturated heterocycles. The Balaban J connectivity index is 1.36. The Morgan fingerprint density at radius 1 is 1.03 bits per heavy atom. The van der Waals surface area contributed by atoms with Crippen molar-refractivity contribution in [2.75, 3.05) is 11.9 Å². The Morgan fingerprint density at radius 3 is 2.66 bits per heavy atom.